The minimum absolute atomic E-state index is 0. The van der Waals surface area contributed by atoms with Gasteiger partial charge in [-0.3, -0.25) is 9.98 Å². The Hall–Kier alpha value is -1.63. The van der Waals surface area contributed by atoms with Gasteiger partial charge in [0.2, 0.25) is 0 Å². The van der Waals surface area contributed by atoms with Gasteiger partial charge in [-0.15, -0.1) is 24.0 Å². The third-order valence-electron chi connectivity index (χ3n) is 5.44. The molecule has 138 valence electrons. The average Bonchev–Trinajstić information content (AvgIpc) is 3.04. The molecule has 1 saturated heterocycles. The number of halogens is 1. The number of aromatic nitrogens is 1. The van der Waals surface area contributed by atoms with E-state index in [1.807, 2.05) is 24.5 Å². The molecule has 2 aliphatic heterocycles. The monoisotopic (exact) mass is 462 g/mol. The van der Waals surface area contributed by atoms with Gasteiger partial charge in [0.1, 0.15) is 0 Å². The molecule has 0 radical (unpaired) electrons. The zero-order chi connectivity index (χ0) is 17.2. The van der Waals surface area contributed by atoms with Crippen molar-refractivity contribution in [3.05, 3.63) is 54.4 Å². The number of aliphatic imine (C=N–C) groups is 1. The maximum absolute atomic E-state index is 4.77. The smallest absolute Gasteiger partial charge is 0.194 e. The highest BCUT2D eigenvalue weighted by molar-refractivity contribution is 14.0. The summed E-state index contributed by atoms with van der Waals surface area (Å²) < 4.78 is 0. The molecule has 5 heteroatoms. The zero-order valence-electron chi connectivity index (χ0n) is 15.4. The summed E-state index contributed by atoms with van der Waals surface area (Å²) in [7, 11) is 0. The third kappa shape index (κ3) is 4.03. The molecule has 3 heterocycles. The van der Waals surface area contributed by atoms with Crippen molar-refractivity contribution in [2.75, 3.05) is 13.1 Å². The van der Waals surface area contributed by atoms with Gasteiger partial charge < -0.3 is 10.2 Å². The van der Waals surface area contributed by atoms with Gasteiger partial charge in [-0.1, -0.05) is 31.2 Å². The molecule has 1 fully saturated rings. The Morgan fingerprint density at radius 1 is 1.04 bits per heavy atom. The van der Waals surface area contributed by atoms with Crippen LogP contribution in [0.1, 0.15) is 38.3 Å². The van der Waals surface area contributed by atoms with Gasteiger partial charge in [-0.2, -0.15) is 0 Å². The zero-order valence-corrected chi connectivity index (χ0v) is 17.8. The number of benzene rings is 1. The molecule has 0 amide bonds. The highest BCUT2D eigenvalue weighted by atomic mass is 127. The topological polar surface area (TPSA) is 40.5 Å². The Bertz CT molecular complexity index is 744. The molecule has 1 aromatic heterocycles. The van der Waals surface area contributed by atoms with Crippen molar-refractivity contribution < 1.29 is 0 Å². The van der Waals surface area contributed by atoms with Crippen LogP contribution in [0.3, 0.4) is 0 Å². The molecular formula is C21H27IN4. The summed E-state index contributed by atoms with van der Waals surface area (Å²) in [5, 5.41) is 3.64. The molecule has 0 spiro atoms. The second-order valence-electron chi connectivity index (χ2n) is 7.38. The van der Waals surface area contributed by atoms with Crippen LogP contribution in [0.25, 0.3) is 11.1 Å². The van der Waals surface area contributed by atoms with Gasteiger partial charge in [0.05, 0.1) is 18.6 Å². The van der Waals surface area contributed by atoms with Crippen LogP contribution >= 0.6 is 24.0 Å². The number of piperidine rings is 1. The standard InChI is InChI=1S/C21H26N4.HI/c1-15-3-8-20-13-23-21(25(20)14-15)24-16(2)17-4-6-18(7-5-17)19-9-11-22-12-10-19;/h4-7,9-12,15-16,20H,3,8,13-14H2,1-2H3,(H,23,24);1H. The Morgan fingerprint density at radius 2 is 1.73 bits per heavy atom. The number of nitrogens with one attached hydrogen (secondary N) is 1. The fourth-order valence-electron chi connectivity index (χ4n) is 3.85. The van der Waals surface area contributed by atoms with Crippen molar-refractivity contribution in [3.63, 3.8) is 0 Å². The summed E-state index contributed by atoms with van der Waals surface area (Å²) in [5.74, 6) is 1.85. The van der Waals surface area contributed by atoms with E-state index in [9.17, 15) is 0 Å². The molecule has 1 N–H and O–H groups in total. The summed E-state index contributed by atoms with van der Waals surface area (Å²) in [6.07, 6.45) is 6.27. The predicted octanol–water partition coefficient (Wildman–Crippen LogP) is 4.49. The Labute approximate surface area is 173 Å². The average molecular weight is 462 g/mol. The molecule has 2 aromatic rings. The largest absolute Gasteiger partial charge is 0.350 e. The summed E-state index contributed by atoms with van der Waals surface area (Å²) in [5.41, 5.74) is 3.71. The Kier molecular flexibility index (Phi) is 6.16. The maximum Gasteiger partial charge on any atom is 0.194 e. The van der Waals surface area contributed by atoms with Crippen LogP contribution in [-0.4, -0.2) is 35.0 Å². The van der Waals surface area contributed by atoms with Gasteiger partial charge in [0.25, 0.3) is 0 Å². The number of guanidine groups is 1. The van der Waals surface area contributed by atoms with Gasteiger partial charge in [-0.05, 0) is 54.5 Å². The van der Waals surface area contributed by atoms with Crippen molar-refractivity contribution in [3.8, 4) is 11.1 Å². The Morgan fingerprint density at radius 3 is 2.46 bits per heavy atom. The van der Waals surface area contributed by atoms with E-state index in [0.717, 1.165) is 25.0 Å². The normalized spacial score (nSPS) is 22.8. The van der Waals surface area contributed by atoms with Gasteiger partial charge in [0.15, 0.2) is 5.96 Å². The highest BCUT2D eigenvalue weighted by Crippen LogP contribution is 2.27. The second kappa shape index (κ2) is 8.37. The molecule has 0 bridgehead atoms. The molecule has 0 saturated carbocycles. The second-order valence-corrected chi connectivity index (χ2v) is 7.38. The minimum Gasteiger partial charge on any atom is -0.350 e. The van der Waals surface area contributed by atoms with Crippen molar-refractivity contribution >= 4 is 29.9 Å². The summed E-state index contributed by atoms with van der Waals surface area (Å²) in [6, 6.07) is 13.7. The molecule has 3 unspecified atom stereocenters. The first-order valence-electron chi connectivity index (χ1n) is 9.28. The summed E-state index contributed by atoms with van der Waals surface area (Å²) in [4.78, 5) is 11.3. The van der Waals surface area contributed by atoms with Crippen LogP contribution in [0.15, 0.2) is 53.8 Å². The van der Waals surface area contributed by atoms with E-state index in [-0.39, 0.29) is 30.0 Å². The van der Waals surface area contributed by atoms with Crippen molar-refractivity contribution in [2.45, 2.75) is 38.8 Å². The number of hydrogen-bond acceptors (Lipinski definition) is 4. The fraction of sp³-hybridized carbons (Fsp3) is 0.429. The van der Waals surface area contributed by atoms with Gasteiger partial charge in [-0.25, -0.2) is 0 Å². The number of nitrogens with zero attached hydrogens (tertiary/aromatic N) is 3. The van der Waals surface area contributed by atoms with Crippen LogP contribution < -0.4 is 5.32 Å². The molecule has 4 nitrogen and oxygen atoms in total. The lowest BCUT2D eigenvalue weighted by atomic mass is 9.95. The highest BCUT2D eigenvalue weighted by Gasteiger charge is 2.33. The lowest BCUT2D eigenvalue weighted by Gasteiger charge is -2.36. The Balaban J connectivity index is 0.00000196. The first-order chi connectivity index (χ1) is 12.2. The van der Waals surface area contributed by atoms with E-state index in [4.69, 9.17) is 4.99 Å². The fourth-order valence-corrected chi connectivity index (χ4v) is 3.85. The van der Waals surface area contributed by atoms with E-state index >= 15 is 0 Å². The van der Waals surface area contributed by atoms with Crippen LogP contribution in [0.4, 0.5) is 0 Å². The van der Waals surface area contributed by atoms with E-state index in [1.54, 1.807) is 0 Å². The van der Waals surface area contributed by atoms with E-state index < -0.39 is 0 Å². The van der Waals surface area contributed by atoms with Crippen molar-refractivity contribution in [1.82, 2.24) is 15.2 Å². The van der Waals surface area contributed by atoms with Crippen LogP contribution in [-0.2, 0) is 0 Å². The number of rotatable bonds is 3. The van der Waals surface area contributed by atoms with Crippen LogP contribution in [0.5, 0.6) is 0 Å². The van der Waals surface area contributed by atoms with Gasteiger partial charge >= 0.3 is 0 Å². The van der Waals surface area contributed by atoms with Crippen molar-refractivity contribution in [2.24, 2.45) is 10.9 Å². The molecular weight excluding hydrogens is 435 g/mol. The van der Waals surface area contributed by atoms with E-state index in [0.29, 0.717) is 6.04 Å². The lowest BCUT2D eigenvalue weighted by molar-refractivity contribution is 0.210. The molecule has 2 aliphatic rings. The first kappa shape index (κ1) is 19.1. The van der Waals surface area contributed by atoms with Crippen LogP contribution in [0.2, 0.25) is 0 Å². The van der Waals surface area contributed by atoms with Crippen molar-refractivity contribution in [1.29, 1.82) is 0 Å². The number of fused-ring (bicyclic) bond motifs is 1. The van der Waals surface area contributed by atoms with E-state index in [2.05, 4.69) is 53.3 Å². The quantitative estimate of drug-likeness (QED) is 0.684. The molecule has 0 aliphatic carbocycles. The number of pyridine rings is 1. The third-order valence-corrected chi connectivity index (χ3v) is 5.44. The summed E-state index contributed by atoms with van der Waals surface area (Å²) >= 11 is 0. The lowest BCUT2D eigenvalue weighted by Crippen LogP contribution is -2.48. The SMILES string of the molecule is CC1CCC2CN=C(NC(C)c3ccc(-c4ccncc4)cc3)N2C1.I. The van der Waals surface area contributed by atoms with Gasteiger partial charge in [0, 0.05) is 18.9 Å². The minimum atomic E-state index is 0. The maximum atomic E-state index is 4.77. The molecule has 3 atom stereocenters. The van der Waals surface area contributed by atoms with E-state index in [1.165, 1.54) is 29.5 Å². The molecule has 26 heavy (non-hydrogen) atoms. The molecule has 4 rings (SSSR count). The first-order valence-corrected chi connectivity index (χ1v) is 9.28. The predicted molar refractivity (Wildman–Crippen MR) is 118 cm³/mol. The summed E-state index contributed by atoms with van der Waals surface area (Å²) in [6.45, 7) is 6.63. The van der Waals surface area contributed by atoms with Crippen LogP contribution in [0, 0.1) is 5.92 Å². The number of hydrogen-bond donors (Lipinski definition) is 1. The molecule has 1 aromatic carbocycles.